The molecule has 0 atom stereocenters. The first-order chi connectivity index (χ1) is 9.19. The predicted molar refractivity (Wildman–Crippen MR) is 75.2 cm³/mol. The van der Waals surface area contributed by atoms with Crippen LogP contribution in [0.15, 0.2) is 47.5 Å². The zero-order valence-corrected chi connectivity index (χ0v) is 11.0. The van der Waals surface area contributed by atoms with Crippen LogP contribution in [0, 0.1) is 0 Å². The molecule has 0 unspecified atom stereocenters. The van der Waals surface area contributed by atoms with Crippen molar-refractivity contribution in [1.82, 2.24) is 14.2 Å². The summed E-state index contributed by atoms with van der Waals surface area (Å²) in [6.07, 6.45) is 4.53. The Kier molecular flexibility index (Phi) is 2.71. The monoisotopic (exact) mass is 253 g/mol. The second-order valence-corrected chi connectivity index (χ2v) is 4.62. The Morgan fingerprint density at radius 3 is 2.58 bits per heavy atom. The molecule has 19 heavy (non-hydrogen) atoms. The number of aryl methyl sites for hydroxylation is 2. The summed E-state index contributed by atoms with van der Waals surface area (Å²) in [5.41, 5.74) is 3.71. The van der Waals surface area contributed by atoms with Gasteiger partial charge in [0.05, 0.1) is 5.69 Å². The fourth-order valence-electron chi connectivity index (χ4n) is 2.13. The minimum Gasteiger partial charge on any atom is -0.315 e. The molecule has 0 fully saturated rings. The van der Waals surface area contributed by atoms with Crippen LogP contribution >= 0.6 is 0 Å². The van der Waals surface area contributed by atoms with Gasteiger partial charge in [-0.1, -0.05) is 31.2 Å². The van der Waals surface area contributed by atoms with E-state index >= 15 is 0 Å². The minimum absolute atomic E-state index is 0.0357. The summed E-state index contributed by atoms with van der Waals surface area (Å²) in [4.78, 5) is 12.0. The van der Waals surface area contributed by atoms with Crippen molar-refractivity contribution < 1.29 is 0 Å². The smallest absolute Gasteiger partial charge is 0.276 e. The van der Waals surface area contributed by atoms with E-state index in [0.717, 1.165) is 17.7 Å². The van der Waals surface area contributed by atoms with Gasteiger partial charge in [-0.3, -0.25) is 4.79 Å². The van der Waals surface area contributed by atoms with Crippen LogP contribution in [0.5, 0.6) is 0 Å². The first-order valence-electron chi connectivity index (χ1n) is 6.33. The van der Waals surface area contributed by atoms with Crippen molar-refractivity contribution in [3.8, 4) is 11.3 Å². The van der Waals surface area contributed by atoms with Crippen molar-refractivity contribution >= 4 is 5.52 Å². The van der Waals surface area contributed by atoms with Gasteiger partial charge in [0, 0.05) is 25.0 Å². The molecule has 0 saturated carbocycles. The Balaban J connectivity index is 2.15. The van der Waals surface area contributed by atoms with Crippen molar-refractivity contribution in [2.75, 3.05) is 0 Å². The third-order valence-electron chi connectivity index (χ3n) is 3.36. The standard InChI is InChI=1S/C15H15N3O/c1-3-11-4-6-12(7-5-11)13-10-14-15(19)17(2)8-9-18(14)16-13/h4-10H,3H2,1-2H3. The molecule has 0 aliphatic carbocycles. The molecule has 0 bridgehead atoms. The quantitative estimate of drug-likeness (QED) is 0.702. The number of benzene rings is 1. The molecule has 4 nitrogen and oxygen atoms in total. The molecule has 0 amide bonds. The fourth-order valence-corrected chi connectivity index (χ4v) is 2.13. The highest BCUT2D eigenvalue weighted by Gasteiger charge is 2.07. The van der Waals surface area contributed by atoms with Gasteiger partial charge in [-0.25, -0.2) is 4.52 Å². The van der Waals surface area contributed by atoms with Gasteiger partial charge in [-0.2, -0.15) is 5.10 Å². The van der Waals surface area contributed by atoms with Crippen molar-refractivity contribution in [2.45, 2.75) is 13.3 Å². The van der Waals surface area contributed by atoms with Crippen LogP contribution in [-0.4, -0.2) is 14.2 Å². The summed E-state index contributed by atoms with van der Waals surface area (Å²) in [7, 11) is 1.74. The zero-order valence-electron chi connectivity index (χ0n) is 11.0. The number of rotatable bonds is 2. The molecule has 0 saturated heterocycles. The fraction of sp³-hybridized carbons (Fsp3) is 0.200. The Labute approximate surface area is 110 Å². The highest BCUT2D eigenvalue weighted by atomic mass is 16.1. The highest BCUT2D eigenvalue weighted by molar-refractivity contribution is 5.65. The molecule has 2 aromatic heterocycles. The number of fused-ring (bicyclic) bond motifs is 1. The highest BCUT2D eigenvalue weighted by Crippen LogP contribution is 2.19. The lowest BCUT2D eigenvalue weighted by molar-refractivity contribution is 0.821. The molecule has 3 rings (SSSR count). The first-order valence-corrected chi connectivity index (χ1v) is 6.33. The van der Waals surface area contributed by atoms with Gasteiger partial charge in [-0.15, -0.1) is 0 Å². The van der Waals surface area contributed by atoms with E-state index in [2.05, 4.69) is 24.2 Å². The van der Waals surface area contributed by atoms with E-state index in [0.29, 0.717) is 5.52 Å². The second kappa shape index (κ2) is 4.39. The molecule has 1 aromatic carbocycles. The van der Waals surface area contributed by atoms with E-state index in [1.54, 1.807) is 28.5 Å². The number of hydrogen-bond donors (Lipinski definition) is 0. The average molecular weight is 253 g/mol. The normalized spacial score (nSPS) is 11.1. The molecule has 0 N–H and O–H groups in total. The summed E-state index contributed by atoms with van der Waals surface area (Å²) in [6, 6.07) is 10.1. The summed E-state index contributed by atoms with van der Waals surface area (Å²) in [5.74, 6) is 0. The lowest BCUT2D eigenvalue weighted by Crippen LogP contribution is -2.17. The lowest BCUT2D eigenvalue weighted by Gasteiger charge is -1.98. The molecular weight excluding hydrogens is 238 g/mol. The molecule has 0 aliphatic rings. The van der Waals surface area contributed by atoms with E-state index in [4.69, 9.17) is 0 Å². The van der Waals surface area contributed by atoms with E-state index in [9.17, 15) is 4.79 Å². The van der Waals surface area contributed by atoms with Crippen molar-refractivity contribution in [3.63, 3.8) is 0 Å². The second-order valence-electron chi connectivity index (χ2n) is 4.62. The van der Waals surface area contributed by atoms with E-state index in [-0.39, 0.29) is 5.56 Å². The van der Waals surface area contributed by atoms with E-state index in [1.165, 1.54) is 5.56 Å². The van der Waals surface area contributed by atoms with Gasteiger partial charge in [0.2, 0.25) is 0 Å². The van der Waals surface area contributed by atoms with Crippen LogP contribution in [0.1, 0.15) is 12.5 Å². The maximum Gasteiger partial charge on any atom is 0.276 e. The lowest BCUT2D eigenvalue weighted by atomic mass is 10.1. The maximum absolute atomic E-state index is 12.0. The van der Waals surface area contributed by atoms with Crippen LogP contribution in [0.3, 0.4) is 0 Å². The van der Waals surface area contributed by atoms with Crippen LogP contribution in [0.4, 0.5) is 0 Å². The topological polar surface area (TPSA) is 39.3 Å². The number of aromatic nitrogens is 3. The third-order valence-corrected chi connectivity index (χ3v) is 3.36. The van der Waals surface area contributed by atoms with E-state index < -0.39 is 0 Å². The molecule has 4 heteroatoms. The molecular formula is C15H15N3O. The molecule has 0 aliphatic heterocycles. The first kappa shape index (κ1) is 11.7. The van der Waals surface area contributed by atoms with Crippen molar-refractivity contribution in [2.24, 2.45) is 7.05 Å². The van der Waals surface area contributed by atoms with Crippen LogP contribution < -0.4 is 5.56 Å². The number of hydrogen-bond acceptors (Lipinski definition) is 2. The van der Waals surface area contributed by atoms with Gasteiger partial charge in [0.1, 0.15) is 5.52 Å². The van der Waals surface area contributed by atoms with Crippen LogP contribution in [0.25, 0.3) is 16.8 Å². The molecule has 2 heterocycles. The van der Waals surface area contributed by atoms with Gasteiger partial charge in [0.15, 0.2) is 0 Å². The Bertz CT molecular complexity index is 781. The maximum atomic E-state index is 12.0. The third kappa shape index (κ3) is 1.95. The SMILES string of the molecule is CCc1ccc(-c2cc3c(=O)n(C)ccn3n2)cc1. The van der Waals surface area contributed by atoms with Crippen molar-refractivity contribution in [3.05, 3.63) is 58.6 Å². The predicted octanol–water partition coefficient (Wildman–Crippen LogP) is 2.26. The van der Waals surface area contributed by atoms with Crippen molar-refractivity contribution in [1.29, 1.82) is 0 Å². The summed E-state index contributed by atoms with van der Waals surface area (Å²) in [5, 5.41) is 4.44. The zero-order chi connectivity index (χ0) is 13.4. The van der Waals surface area contributed by atoms with Crippen LogP contribution in [-0.2, 0) is 13.5 Å². The Hall–Kier alpha value is -2.36. The largest absolute Gasteiger partial charge is 0.315 e. The summed E-state index contributed by atoms with van der Waals surface area (Å²) in [6.45, 7) is 2.13. The van der Waals surface area contributed by atoms with Gasteiger partial charge in [-0.05, 0) is 18.1 Å². The molecule has 0 spiro atoms. The number of nitrogens with zero attached hydrogens (tertiary/aromatic N) is 3. The summed E-state index contributed by atoms with van der Waals surface area (Å²) >= 11 is 0. The summed E-state index contributed by atoms with van der Waals surface area (Å²) < 4.78 is 3.19. The van der Waals surface area contributed by atoms with Gasteiger partial charge >= 0.3 is 0 Å². The molecule has 3 aromatic rings. The van der Waals surface area contributed by atoms with E-state index in [1.807, 2.05) is 18.2 Å². The minimum atomic E-state index is -0.0357. The molecule has 0 radical (unpaired) electrons. The molecule has 96 valence electrons. The Morgan fingerprint density at radius 2 is 1.89 bits per heavy atom. The van der Waals surface area contributed by atoms with Crippen LogP contribution in [0.2, 0.25) is 0 Å². The Morgan fingerprint density at radius 1 is 1.16 bits per heavy atom. The average Bonchev–Trinajstić information content (AvgIpc) is 2.88. The van der Waals surface area contributed by atoms with Gasteiger partial charge in [0.25, 0.3) is 5.56 Å². The van der Waals surface area contributed by atoms with Gasteiger partial charge < -0.3 is 4.57 Å².